The standard InChI is InChI=1S/C18H22N2O5/c1-6-24-18(23)15-11(3)16(19-12(15)4)14(21)9-25-17(22)13-8-7-10(2)20(13)5/h7-8,19H,6,9H2,1-5H3. The number of aromatic amines is 1. The number of carbonyl (C=O) groups is 3. The monoisotopic (exact) mass is 346 g/mol. The van der Waals surface area contributed by atoms with Crippen molar-refractivity contribution in [3.05, 3.63) is 46.0 Å². The van der Waals surface area contributed by atoms with E-state index in [-0.39, 0.29) is 12.3 Å². The first-order valence-corrected chi connectivity index (χ1v) is 7.96. The first kappa shape index (κ1) is 18.5. The number of hydrogen-bond acceptors (Lipinski definition) is 5. The van der Waals surface area contributed by atoms with Crippen molar-refractivity contribution in [3.8, 4) is 0 Å². The minimum absolute atomic E-state index is 0.247. The molecule has 1 N–H and O–H groups in total. The smallest absolute Gasteiger partial charge is 0.355 e. The normalized spacial score (nSPS) is 10.6. The highest BCUT2D eigenvalue weighted by Crippen LogP contribution is 2.20. The van der Waals surface area contributed by atoms with E-state index in [0.29, 0.717) is 22.5 Å². The maximum absolute atomic E-state index is 12.4. The molecule has 2 aromatic rings. The lowest BCUT2D eigenvalue weighted by atomic mass is 10.1. The Balaban J connectivity index is 2.11. The van der Waals surface area contributed by atoms with Gasteiger partial charge in [0.15, 0.2) is 6.61 Å². The molecule has 0 bridgehead atoms. The fraction of sp³-hybridized carbons (Fsp3) is 0.389. The molecule has 0 unspecified atom stereocenters. The molecule has 0 spiro atoms. The molecule has 0 aliphatic heterocycles. The van der Waals surface area contributed by atoms with Gasteiger partial charge in [0.05, 0.1) is 17.9 Å². The minimum Gasteiger partial charge on any atom is -0.462 e. The van der Waals surface area contributed by atoms with E-state index in [1.807, 2.05) is 6.92 Å². The molecule has 0 fully saturated rings. The molecule has 2 heterocycles. The predicted molar refractivity (Wildman–Crippen MR) is 91.0 cm³/mol. The average molecular weight is 346 g/mol. The summed E-state index contributed by atoms with van der Waals surface area (Å²) >= 11 is 0. The number of aryl methyl sites for hydroxylation is 2. The van der Waals surface area contributed by atoms with E-state index < -0.39 is 24.3 Å². The number of nitrogens with zero attached hydrogens (tertiary/aromatic N) is 1. The summed E-state index contributed by atoms with van der Waals surface area (Å²) in [6.45, 7) is 6.77. The molecule has 0 aromatic carbocycles. The minimum atomic E-state index is -0.574. The number of hydrogen-bond donors (Lipinski definition) is 1. The number of ketones is 1. The number of rotatable bonds is 6. The maximum Gasteiger partial charge on any atom is 0.355 e. The van der Waals surface area contributed by atoms with Crippen molar-refractivity contribution >= 4 is 17.7 Å². The molecule has 0 radical (unpaired) electrons. The van der Waals surface area contributed by atoms with Crippen LogP contribution in [0.3, 0.4) is 0 Å². The maximum atomic E-state index is 12.4. The predicted octanol–water partition coefficient (Wildman–Crippen LogP) is 2.49. The Hall–Kier alpha value is -2.83. The number of aromatic nitrogens is 2. The zero-order valence-corrected chi connectivity index (χ0v) is 15.1. The lowest BCUT2D eigenvalue weighted by Crippen LogP contribution is -2.17. The number of ether oxygens (including phenoxy) is 2. The molecule has 0 aliphatic carbocycles. The van der Waals surface area contributed by atoms with Crippen LogP contribution < -0.4 is 0 Å². The Morgan fingerprint density at radius 3 is 2.32 bits per heavy atom. The Morgan fingerprint density at radius 1 is 1.08 bits per heavy atom. The lowest BCUT2D eigenvalue weighted by Gasteiger charge is -2.06. The number of Topliss-reactive ketones (excluding diaryl/α,β-unsaturated/α-hetero) is 1. The fourth-order valence-electron chi connectivity index (χ4n) is 2.63. The summed E-state index contributed by atoms with van der Waals surface area (Å²) in [6.07, 6.45) is 0. The SMILES string of the molecule is CCOC(=O)c1c(C)[nH]c(C(=O)COC(=O)c2ccc(C)n2C)c1C. The Kier molecular flexibility index (Phi) is 5.46. The summed E-state index contributed by atoms with van der Waals surface area (Å²) < 4.78 is 11.8. The first-order chi connectivity index (χ1) is 11.8. The van der Waals surface area contributed by atoms with Crippen molar-refractivity contribution in [1.29, 1.82) is 0 Å². The third kappa shape index (κ3) is 3.65. The molecule has 7 nitrogen and oxygen atoms in total. The van der Waals surface area contributed by atoms with Gasteiger partial charge in [-0.05, 0) is 45.4 Å². The molecule has 0 saturated carbocycles. The van der Waals surface area contributed by atoms with Crippen molar-refractivity contribution in [1.82, 2.24) is 9.55 Å². The van der Waals surface area contributed by atoms with E-state index >= 15 is 0 Å². The van der Waals surface area contributed by atoms with Crippen LogP contribution in [0.1, 0.15) is 55.2 Å². The Morgan fingerprint density at radius 2 is 1.76 bits per heavy atom. The number of carbonyl (C=O) groups excluding carboxylic acids is 3. The van der Waals surface area contributed by atoms with Crippen LogP contribution in [0.25, 0.3) is 0 Å². The molecule has 0 aliphatic rings. The highest BCUT2D eigenvalue weighted by Gasteiger charge is 2.24. The van der Waals surface area contributed by atoms with Crippen LogP contribution in [-0.2, 0) is 16.5 Å². The number of H-pyrrole nitrogens is 1. The molecule has 25 heavy (non-hydrogen) atoms. The zero-order chi connectivity index (χ0) is 18.7. The summed E-state index contributed by atoms with van der Waals surface area (Å²) in [4.78, 5) is 39.3. The van der Waals surface area contributed by atoms with E-state index in [1.54, 1.807) is 44.5 Å². The van der Waals surface area contributed by atoms with E-state index in [9.17, 15) is 14.4 Å². The van der Waals surface area contributed by atoms with E-state index in [4.69, 9.17) is 9.47 Å². The fourth-order valence-corrected chi connectivity index (χ4v) is 2.63. The van der Waals surface area contributed by atoms with Crippen molar-refractivity contribution in [2.75, 3.05) is 13.2 Å². The van der Waals surface area contributed by atoms with Gasteiger partial charge >= 0.3 is 11.9 Å². The molecular formula is C18H22N2O5. The van der Waals surface area contributed by atoms with Crippen LogP contribution in [0.15, 0.2) is 12.1 Å². The Bertz CT molecular complexity index is 829. The zero-order valence-electron chi connectivity index (χ0n) is 15.1. The van der Waals surface area contributed by atoms with Crippen molar-refractivity contribution in [3.63, 3.8) is 0 Å². The van der Waals surface area contributed by atoms with E-state index in [1.165, 1.54) is 0 Å². The second-order valence-electron chi connectivity index (χ2n) is 5.76. The van der Waals surface area contributed by atoms with Gasteiger partial charge in [-0.25, -0.2) is 9.59 Å². The molecular weight excluding hydrogens is 324 g/mol. The summed E-state index contributed by atoms with van der Waals surface area (Å²) in [6, 6.07) is 3.44. The van der Waals surface area contributed by atoms with Gasteiger partial charge in [0.25, 0.3) is 0 Å². The van der Waals surface area contributed by atoms with Crippen LogP contribution >= 0.6 is 0 Å². The van der Waals surface area contributed by atoms with Crippen LogP contribution in [0.5, 0.6) is 0 Å². The number of esters is 2. The van der Waals surface area contributed by atoms with Crippen LogP contribution in [0.2, 0.25) is 0 Å². The summed E-state index contributed by atoms with van der Waals surface area (Å²) in [7, 11) is 1.75. The van der Waals surface area contributed by atoms with Gasteiger partial charge in [0, 0.05) is 18.4 Å². The third-order valence-corrected chi connectivity index (χ3v) is 4.11. The average Bonchev–Trinajstić information content (AvgIpc) is 3.05. The quantitative estimate of drug-likeness (QED) is 0.641. The van der Waals surface area contributed by atoms with Gasteiger partial charge in [-0.1, -0.05) is 0 Å². The summed E-state index contributed by atoms with van der Waals surface area (Å²) in [5, 5.41) is 0. The van der Waals surface area contributed by atoms with E-state index in [0.717, 1.165) is 5.69 Å². The van der Waals surface area contributed by atoms with Crippen LogP contribution in [0, 0.1) is 20.8 Å². The van der Waals surface area contributed by atoms with Gasteiger partial charge in [-0.15, -0.1) is 0 Å². The molecule has 2 rings (SSSR count). The van der Waals surface area contributed by atoms with E-state index in [2.05, 4.69) is 4.98 Å². The van der Waals surface area contributed by atoms with Gasteiger partial charge < -0.3 is 19.0 Å². The topological polar surface area (TPSA) is 90.4 Å². The molecule has 0 atom stereocenters. The van der Waals surface area contributed by atoms with Gasteiger partial charge in [-0.3, -0.25) is 4.79 Å². The molecule has 2 aromatic heterocycles. The van der Waals surface area contributed by atoms with Gasteiger partial charge in [-0.2, -0.15) is 0 Å². The lowest BCUT2D eigenvalue weighted by molar-refractivity contribution is 0.0462. The van der Waals surface area contributed by atoms with Crippen molar-refractivity contribution < 1.29 is 23.9 Å². The first-order valence-electron chi connectivity index (χ1n) is 7.96. The summed E-state index contributed by atoms with van der Waals surface area (Å²) in [5.41, 5.74) is 2.91. The van der Waals surface area contributed by atoms with Crippen LogP contribution in [0.4, 0.5) is 0 Å². The molecule has 7 heteroatoms. The van der Waals surface area contributed by atoms with Gasteiger partial charge in [0.2, 0.25) is 5.78 Å². The number of nitrogens with one attached hydrogen (secondary N) is 1. The second-order valence-corrected chi connectivity index (χ2v) is 5.76. The van der Waals surface area contributed by atoms with Crippen molar-refractivity contribution in [2.45, 2.75) is 27.7 Å². The summed E-state index contributed by atoms with van der Waals surface area (Å²) in [5.74, 6) is -1.46. The molecule has 134 valence electrons. The molecule has 0 amide bonds. The largest absolute Gasteiger partial charge is 0.462 e. The van der Waals surface area contributed by atoms with Crippen LogP contribution in [-0.4, -0.2) is 40.5 Å². The third-order valence-electron chi connectivity index (χ3n) is 4.11. The van der Waals surface area contributed by atoms with Gasteiger partial charge in [0.1, 0.15) is 5.69 Å². The highest BCUT2D eigenvalue weighted by atomic mass is 16.5. The van der Waals surface area contributed by atoms with Crippen molar-refractivity contribution in [2.24, 2.45) is 7.05 Å². The highest BCUT2D eigenvalue weighted by molar-refractivity contribution is 6.03. The Labute approximate surface area is 145 Å². The molecule has 0 saturated heterocycles. The second kappa shape index (κ2) is 7.38.